The number of ether oxygens (including phenoxy) is 3. The van der Waals surface area contributed by atoms with Gasteiger partial charge in [0.1, 0.15) is 18.3 Å². The second kappa shape index (κ2) is 9.85. The van der Waals surface area contributed by atoms with Gasteiger partial charge in [-0.2, -0.15) is 0 Å². The quantitative estimate of drug-likeness (QED) is 0.255. The second-order valence-electron chi connectivity index (χ2n) is 18.0. The molecular formula is C35H58O9. The lowest BCUT2D eigenvalue weighted by molar-refractivity contribution is -0.303. The fourth-order valence-electron chi connectivity index (χ4n) is 13.5. The summed E-state index contributed by atoms with van der Waals surface area (Å²) in [4.78, 5) is 0. The molecule has 7 fully saturated rings. The van der Waals surface area contributed by atoms with Gasteiger partial charge in [-0.3, -0.25) is 0 Å². The van der Waals surface area contributed by atoms with Crippen molar-refractivity contribution in [3.63, 3.8) is 0 Å². The van der Waals surface area contributed by atoms with Crippen LogP contribution in [0.4, 0.5) is 0 Å². The van der Waals surface area contributed by atoms with Gasteiger partial charge in [-0.25, -0.2) is 0 Å². The topological polar surface area (TPSA) is 149 Å². The second-order valence-corrected chi connectivity index (χ2v) is 18.0. The fourth-order valence-corrected chi connectivity index (χ4v) is 13.5. The third-order valence-electron chi connectivity index (χ3n) is 15.5. The van der Waals surface area contributed by atoms with Gasteiger partial charge in [0, 0.05) is 17.9 Å². The summed E-state index contributed by atoms with van der Waals surface area (Å²) in [5, 5.41) is 64.8. The van der Waals surface area contributed by atoms with Crippen LogP contribution in [0.5, 0.6) is 0 Å². The third-order valence-corrected chi connectivity index (χ3v) is 15.5. The summed E-state index contributed by atoms with van der Waals surface area (Å²) >= 11 is 0. The molecule has 0 aromatic rings. The first-order chi connectivity index (χ1) is 20.4. The van der Waals surface area contributed by atoms with Gasteiger partial charge >= 0.3 is 0 Å². The molecule has 252 valence electrons. The van der Waals surface area contributed by atoms with Crippen LogP contribution >= 0.6 is 0 Å². The molecule has 7 aliphatic rings. The first kappa shape index (κ1) is 32.2. The monoisotopic (exact) mass is 622 g/mol. The number of aliphatic hydroxyl groups is 6. The van der Waals surface area contributed by atoms with Crippen LogP contribution in [-0.2, 0) is 14.2 Å². The summed E-state index contributed by atoms with van der Waals surface area (Å²) in [5.41, 5.74) is -1.98. The van der Waals surface area contributed by atoms with E-state index in [0.29, 0.717) is 18.3 Å². The van der Waals surface area contributed by atoms with Crippen molar-refractivity contribution < 1.29 is 44.8 Å². The zero-order valence-corrected chi connectivity index (χ0v) is 27.7. The molecular weight excluding hydrogens is 564 g/mol. The zero-order valence-electron chi connectivity index (χ0n) is 27.7. The minimum absolute atomic E-state index is 0.0477. The third kappa shape index (κ3) is 3.97. The van der Waals surface area contributed by atoms with Gasteiger partial charge in [0.25, 0.3) is 0 Å². The van der Waals surface area contributed by atoms with Crippen LogP contribution in [0.1, 0.15) is 106 Å². The molecule has 0 amide bonds. The number of fused-ring (bicyclic) bond motifs is 2. The lowest BCUT2D eigenvalue weighted by Gasteiger charge is -2.64. The first-order valence-corrected chi connectivity index (χ1v) is 17.4. The van der Waals surface area contributed by atoms with E-state index in [9.17, 15) is 30.6 Å². The molecule has 2 heterocycles. The summed E-state index contributed by atoms with van der Waals surface area (Å²) in [7, 11) is 0. The summed E-state index contributed by atoms with van der Waals surface area (Å²) in [6, 6.07) is 0. The van der Waals surface area contributed by atoms with Crippen LogP contribution in [0, 0.1) is 44.8 Å². The largest absolute Gasteiger partial charge is 0.396 e. The minimum atomic E-state index is -1.29. The minimum Gasteiger partial charge on any atom is -0.396 e. The Morgan fingerprint density at radius 1 is 0.818 bits per heavy atom. The maximum Gasteiger partial charge on any atom is 0.186 e. The van der Waals surface area contributed by atoms with Crippen molar-refractivity contribution in [1.29, 1.82) is 0 Å². The van der Waals surface area contributed by atoms with E-state index >= 15 is 0 Å². The van der Waals surface area contributed by atoms with E-state index in [1.807, 2.05) is 0 Å². The number of aliphatic hydroxyl groups excluding tert-OH is 5. The lowest BCUT2D eigenvalue weighted by Crippen LogP contribution is -2.62. The van der Waals surface area contributed by atoms with Crippen molar-refractivity contribution in [2.75, 3.05) is 13.2 Å². The van der Waals surface area contributed by atoms with Crippen LogP contribution in [0.2, 0.25) is 0 Å². The SMILES string of the molecule is CC(C)(O)[C@H]1CC[C@](C)([C@H]2[C@@H](O)C[C@@]3(C)[C@@H]4CC[C@H]5C(C)(C)[C@@H](O[C@@H]6OC[C@@H](O)[C@H](O)[C@H]6O)CC[C@@]56C[C@@]46CC[C@]23CO)O1. The molecule has 15 atom stereocenters. The number of rotatable bonds is 5. The smallest absolute Gasteiger partial charge is 0.186 e. The van der Waals surface area contributed by atoms with E-state index in [-0.39, 0.29) is 53.0 Å². The molecule has 0 aromatic carbocycles. The molecule has 0 bridgehead atoms. The van der Waals surface area contributed by atoms with Gasteiger partial charge < -0.3 is 44.8 Å². The van der Waals surface area contributed by atoms with E-state index in [2.05, 4.69) is 27.7 Å². The highest BCUT2D eigenvalue weighted by molar-refractivity contribution is 5.32. The molecule has 0 aromatic heterocycles. The van der Waals surface area contributed by atoms with Gasteiger partial charge in [0.2, 0.25) is 0 Å². The Bertz CT molecular complexity index is 1140. The molecule has 2 aliphatic heterocycles. The molecule has 2 saturated heterocycles. The Labute approximate surface area is 262 Å². The Morgan fingerprint density at radius 3 is 2.16 bits per heavy atom. The molecule has 5 aliphatic carbocycles. The zero-order chi connectivity index (χ0) is 31.9. The normalized spacial score (nSPS) is 58.1. The molecule has 9 heteroatoms. The van der Waals surface area contributed by atoms with Gasteiger partial charge in [-0.05, 0) is 118 Å². The van der Waals surface area contributed by atoms with Crippen LogP contribution in [0.3, 0.4) is 0 Å². The van der Waals surface area contributed by atoms with Gasteiger partial charge in [-0.15, -0.1) is 0 Å². The Morgan fingerprint density at radius 2 is 1.50 bits per heavy atom. The van der Waals surface area contributed by atoms with E-state index in [1.54, 1.807) is 13.8 Å². The summed E-state index contributed by atoms with van der Waals surface area (Å²) in [5.74, 6) is 0.672. The molecule has 5 saturated carbocycles. The predicted molar refractivity (Wildman–Crippen MR) is 161 cm³/mol. The fraction of sp³-hybridized carbons (Fsp3) is 1.00. The van der Waals surface area contributed by atoms with E-state index < -0.39 is 47.3 Å². The molecule has 9 nitrogen and oxygen atoms in total. The Kier molecular flexibility index (Phi) is 7.21. The highest BCUT2D eigenvalue weighted by atomic mass is 16.7. The van der Waals surface area contributed by atoms with Crippen LogP contribution in [0.15, 0.2) is 0 Å². The maximum atomic E-state index is 11.9. The van der Waals surface area contributed by atoms with E-state index in [0.717, 1.165) is 51.4 Å². The Balaban J connectivity index is 1.15. The summed E-state index contributed by atoms with van der Waals surface area (Å²) in [6.07, 6.45) is 3.69. The van der Waals surface area contributed by atoms with E-state index in [4.69, 9.17) is 14.2 Å². The summed E-state index contributed by atoms with van der Waals surface area (Å²) < 4.78 is 18.8. The molecule has 6 N–H and O–H groups in total. The van der Waals surface area contributed by atoms with Crippen molar-refractivity contribution in [3.05, 3.63) is 0 Å². The lowest BCUT2D eigenvalue weighted by atomic mass is 9.41. The highest BCUT2D eigenvalue weighted by Gasteiger charge is 2.84. The van der Waals surface area contributed by atoms with Crippen LogP contribution in [-0.4, -0.2) is 98.0 Å². The molecule has 0 radical (unpaired) electrons. The first-order valence-electron chi connectivity index (χ1n) is 17.4. The van der Waals surface area contributed by atoms with Gasteiger partial charge in [0.15, 0.2) is 6.29 Å². The van der Waals surface area contributed by atoms with Gasteiger partial charge in [-0.1, -0.05) is 20.8 Å². The average molecular weight is 623 g/mol. The molecule has 0 unspecified atom stereocenters. The summed E-state index contributed by atoms with van der Waals surface area (Å²) in [6.45, 7) is 12.7. The van der Waals surface area contributed by atoms with Crippen molar-refractivity contribution in [1.82, 2.24) is 0 Å². The molecule has 7 rings (SSSR count). The Hall–Kier alpha value is -0.360. The number of hydrogen-bond acceptors (Lipinski definition) is 9. The number of hydrogen-bond donors (Lipinski definition) is 6. The van der Waals surface area contributed by atoms with E-state index in [1.165, 1.54) is 6.42 Å². The predicted octanol–water partition coefficient (Wildman–Crippen LogP) is 2.90. The molecule has 2 spiro atoms. The van der Waals surface area contributed by atoms with Crippen LogP contribution in [0.25, 0.3) is 0 Å². The van der Waals surface area contributed by atoms with Crippen molar-refractivity contribution in [2.45, 2.75) is 160 Å². The standard InChI is InChI=1S/C35H58O9/c1-29(2)21-7-8-22-31(5)15-19(37)27(32(6)11-9-24(44-32)30(3,4)41)35(31,18-36)14-13-34(22)17-33(21,34)12-10-23(29)43-28-26(40)25(39)20(38)16-42-28/h19-28,36-41H,7-18H2,1-6H3/t19-,20+,21-,22-,23-,24+,25-,26+,27+,28-,31-,32+,33+,34-,35-/m0/s1. The highest BCUT2D eigenvalue weighted by Crippen LogP contribution is 2.89. The van der Waals surface area contributed by atoms with Gasteiger partial charge in [0.05, 0.1) is 36.1 Å². The van der Waals surface area contributed by atoms with Crippen LogP contribution < -0.4 is 0 Å². The van der Waals surface area contributed by atoms with Crippen molar-refractivity contribution in [2.24, 2.45) is 44.8 Å². The average Bonchev–Trinajstić information content (AvgIpc) is 3.30. The maximum absolute atomic E-state index is 11.9. The molecule has 44 heavy (non-hydrogen) atoms. The van der Waals surface area contributed by atoms with Crippen molar-refractivity contribution in [3.8, 4) is 0 Å². The van der Waals surface area contributed by atoms with Crippen molar-refractivity contribution >= 4 is 0 Å².